The Morgan fingerprint density at radius 3 is 2.62 bits per heavy atom. The lowest BCUT2D eigenvalue weighted by molar-refractivity contribution is -0.155. The Hall–Kier alpha value is -6.06. The topological polar surface area (TPSA) is 176 Å². The third kappa shape index (κ3) is 10.2. The molecule has 7 rings (SSSR count). The van der Waals surface area contributed by atoms with Crippen molar-refractivity contribution in [2.45, 2.75) is 97.8 Å². The Bertz CT molecular complexity index is 2500. The van der Waals surface area contributed by atoms with E-state index in [2.05, 4.69) is 54.8 Å². The number of rotatable bonds is 11. The van der Waals surface area contributed by atoms with Crippen molar-refractivity contribution < 1.29 is 38.6 Å². The molecule has 66 heavy (non-hydrogen) atoms. The quantitative estimate of drug-likeness (QED) is 0.130. The molecular weight excluding hydrogens is 839 g/mol. The SMILES string of the molecule is C=CC(=O)N1CC[C@H](C(=O)N(C)[C@H](C(=O)N[C@H]2Cc3cc(O)cc(c3)-c3cc4c(c(-c5ccccc5CCOC)n(CC)c4cn3)CC(C)(C)COC(=O)[C@@H]3CCCN(N3)C2=O)C(C)C)C1. The Balaban J connectivity index is 1.30. The van der Waals surface area contributed by atoms with Crippen LogP contribution in [-0.2, 0) is 59.3 Å². The first-order valence-corrected chi connectivity index (χ1v) is 23.2. The summed E-state index contributed by atoms with van der Waals surface area (Å²) in [5.41, 5.74) is 9.68. The van der Waals surface area contributed by atoms with Gasteiger partial charge in [-0.15, -0.1) is 0 Å². The number of hydrazine groups is 1. The van der Waals surface area contributed by atoms with Crippen LogP contribution in [0.1, 0.15) is 70.6 Å². The summed E-state index contributed by atoms with van der Waals surface area (Å²) in [6.07, 6.45) is 5.74. The van der Waals surface area contributed by atoms with Crippen LogP contribution in [-0.4, -0.2) is 124 Å². The number of methoxy groups -OCH3 is 1. The molecule has 15 nitrogen and oxygen atoms in total. The molecule has 352 valence electrons. The first-order chi connectivity index (χ1) is 31.5. The molecular formula is C51H65N7O8. The number of likely N-dealkylation sites (N-methyl/N-ethyl adjacent to an activating group) is 1. The van der Waals surface area contributed by atoms with Crippen molar-refractivity contribution in [1.29, 1.82) is 0 Å². The minimum absolute atomic E-state index is 0.0285. The predicted octanol–water partition coefficient (Wildman–Crippen LogP) is 5.45. The van der Waals surface area contributed by atoms with Gasteiger partial charge in [0.15, 0.2) is 0 Å². The summed E-state index contributed by atoms with van der Waals surface area (Å²) < 4.78 is 13.9. The number of phenolic OH excluding ortho intramolecular Hbond substituents is 1. The minimum atomic E-state index is -1.18. The lowest BCUT2D eigenvalue weighted by Gasteiger charge is -2.37. The maximum atomic E-state index is 14.7. The average molecular weight is 904 g/mol. The van der Waals surface area contributed by atoms with E-state index >= 15 is 0 Å². The van der Waals surface area contributed by atoms with Gasteiger partial charge in [-0.2, -0.15) is 0 Å². The Morgan fingerprint density at radius 2 is 1.89 bits per heavy atom. The number of aromatic nitrogens is 2. The van der Waals surface area contributed by atoms with Crippen LogP contribution in [0.2, 0.25) is 0 Å². The second-order valence-electron chi connectivity index (χ2n) is 19.1. The summed E-state index contributed by atoms with van der Waals surface area (Å²) in [6.45, 7) is 15.7. The van der Waals surface area contributed by atoms with Gasteiger partial charge in [-0.1, -0.05) is 58.5 Å². The van der Waals surface area contributed by atoms with Crippen LogP contribution < -0.4 is 10.7 Å². The van der Waals surface area contributed by atoms with Gasteiger partial charge in [-0.25, -0.2) is 5.43 Å². The van der Waals surface area contributed by atoms with Crippen LogP contribution in [0.15, 0.2) is 67.4 Å². The molecule has 4 aromatic rings. The zero-order valence-electron chi connectivity index (χ0n) is 39.4. The van der Waals surface area contributed by atoms with E-state index in [1.165, 1.54) is 16.0 Å². The normalized spacial score (nSPS) is 20.5. The maximum Gasteiger partial charge on any atom is 0.324 e. The Kier molecular flexibility index (Phi) is 14.7. The van der Waals surface area contributed by atoms with Crippen molar-refractivity contribution >= 4 is 40.5 Å². The number of pyridine rings is 1. The molecule has 0 spiro atoms. The molecule has 2 fully saturated rings. The molecule has 3 aliphatic rings. The molecule has 2 saturated heterocycles. The molecule has 5 heterocycles. The summed E-state index contributed by atoms with van der Waals surface area (Å²) in [7, 11) is 3.28. The molecule has 4 amide bonds. The van der Waals surface area contributed by atoms with Crippen molar-refractivity contribution in [3.63, 3.8) is 0 Å². The summed E-state index contributed by atoms with van der Waals surface area (Å²) in [6, 6.07) is 12.5. The van der Waals surface area contributed by atoms with Crippen LogP contribution in [0.3, 0.4) is 0 Å². The van der Waals surface area contributed by atoms with E-state index in [0.717, 1.165) is 39.7 Å². The number of likely N-dealkylation sites (tertiary alicyclic amines) is 1. The van der Waals surface area contributed by atoms with Gasteiger partial charge in [-0.05, 0) is 92.0 Å². The predicted molar refractivity (Wildman–Crippen MR) is 252 cm³/mol. The Morgan fingerprint density at radius 1 is 1.12 bits per heavy atom. The number of ether oxygens (including phenoxy) is 2. The van der Waals surface area contributed by atoms with Gasteiger partial charge < -0.3 is 34.3 Å². The van der Waals surface area contributed by atoms with Gasteiger partial charge in [-0.3, -0.25) is 34.0 Å². The summed E-state index contributed by atoms with van der Waals surface area (Å²) in [5.74, 6) is -2.91. The van der Waals surface area contributed by atoms with Crippen LogP contribution in [0.4, 0.5) is 0 Å². The second-order valence-corrected chi connectivity index (χ2v) is 19.1. The number of nitrogens with zero attached hydrogens (tertiary/aromatic N) is 5. The number of aromatic hydroxyl groups is 1. The number of hydrogen-bond acceptors (Lipinski definition) is 10. The molecule has 4 atom stereocenters. The molecule has 2 aromatic carbocycles. The third-order valence-corrected chi connectivity index (χ3v) is 13.2. The standard InChI is InChI=1S/C51H65N7O8/c1-9-44(60)56-20-17-34(29-56)48(62)55(7)45(31(3)4)47(61)53-42-24-32-22-35(25-36(59)23-32)41-26-38-39(27-51(5,6)30-66-50(64)40-16-13-19-58(54-40)49(42)63)46(57(10-2)43(38)28-52-41)37-15-12-11-14-33(37)18-21-65-8/h9,11-12,14-15,22-23,25-26,28,31,34,40,42,45,54,59H,1,10,13,16-21,24,27,29-30H2,2-8H3,(H,53,61)/t34-,40-,42-,45-/m0/s1. The van der Waals surface area contributed by atoms with E-state index in [1.807, 2.05) is 44.3 Å². The van der Waals surface area contributed by atoms with Gasteiger partial charge in [0.2, 0.25) is 17.7 Å². The van der Waals surface area contributed by atoms with E-state index < -0.39 is 47.2 Å². The number of hydrogen-bond donors (Lipinski definition) is 3. The van der Waals surface area contributed by atoms with Crippen molar-refractivity contribution in [2.75, 3.05) is 47.0 Å². The number of carbonyl (C=O) groups excluding carboxylic acids is 5. The Labute approximate surface area is 387 Å². The largest absolute Gasteiger partial charge is 0.508 e. The number of phenols is 1. The van der Waals surface area contributed by atoms with Crippen LogP contribution in [0.25, 0.3) is 33.4 Å². The van der Waals surface area contributed by atoms with E-state index in [-0.39, 0.29) is 49.6 Å². The third-order valence-electron chi connectivity index (χ3n) is 13.2. The highest BCUT2D eigenvalue weighted by atomic mass is 16.5. The van der Waals surface area contributed by atoms with Gasteiger partial charge in [0.05, 0.1) is 42.2 Å². The van der Waals surface area contributed by atoms with Gasteiger partial charge >= 0.3 is 5.97 Å². The van der Waals surface area contributed by atoms with Crippen molar-refractivity contribution in [2.24, 2.45) is 17.3 Å². The zero-order valence-corrected chi connectivity index (χ0v) is 39.4. The molecule has 0 unspecified atom stereocenters. The highest BCUT2D eigenvalue weighted by molar-refractivity contribution is 5.95. The number of nitrogens with one attached hydrogen (secondary N) is 2. The van der Waals surface area contributed by atoms with Crippen molar-refractivity contribution in [1.82, 2.24) is 35.1 Å². The van der Waals surface area contributed by atoms with Crippen LogP contribution in [0.5, 0.6) is 5.75 Å². The van der Waals surface area contributed by atoms with E-state index in [4.69, 9.17) is 14.5 Å². The maximum absolute atomic E-state index is 14.7. The smallest absolute Gasteiger partial charge is 0.324 e. The lowest BCUT2D eigenvalue weighted by atomic mass is 9.84. The number of amides is 4. The molecule has 3 N–H and O–H groups in total. The number of cyclic esters (lactones) is 1. The van der Waals surface area contributed by atoms with Gasteiger partial charge in [0.25, 0.3) is 5.91 Å². The summed E-state index contributed by atoms with van der Waals surface area (Å²) >= 11 is 0. The zero-order chi connectivity index (χ0) is 47.4. The van der Waals surface area contributed by atoms with Crippen molar-refractivity contribution in [3.8, 4) is 28.3 Å². The molecule has 0 saturated carbocycles. The van der Waals surface area contributed by atoms with Gasteiger partial charge in [0.1, 0.15) is 23.9 Å². The van der Waals surface area contributed by atoms with E-state index in [0.29, 0.717) is 62.2 Å². The monoisotopic (exact) mass is 903 g/mol. The molecule has 0 aliphatic carbocycles. The van der Waals surface area contributed by atoms with Crippen LogP contribution in [0, 0.1) is 17.3 Å². The highest BCUT2D eigenvalue weighted by Gasteiger charge is 2.40. The number of benzene rings is 2. The number of esters is 1. The number of carbonyl (C=O) groups is 5. The first kappa shape index (κ1) is 47.9. The summed E-state index contributed by atoms with van der Waals surface area (Å²) in [4.78, 5) is 77.3. The minimum Gasteiger partial charge on any atom is -0.508 e. The van der Waals surface area contributed by atoms with E-state index in [1.54, 1.807) is 31.2 Å². The fourth-order valence-electron chi connectivity index (χ4n) is 9.94. The first-order valence-electron chi connectivity index (χ1n) is 23.2. The average Bonchev–Trinajstić information content (AvgIpc) is 3.91. The number of fused-ring (bicyclic) bond motifs is 6. The fraction of sp³-hybridized carbons (Fsp3) is 0.490. The van der Waals surface area contributed by atoms with Gasteiger partial charge in [0, 0.05) is 68.7 Å². The lowest BCUT2D eigenvalue weighted by Crippen LogP contribution is -2.62. The fourth-order valence-corrected chi connectivity index (χ4v) is 9.94. The highest BCUT2D eigenvalue weighted by Crippen LogP contribution is 2.41. The van der Waals surface area contributed by atoms with Crippen molar-refractivity contribution in [3.05, 3.63) is 84.1 Å². The number of aryl methyl sites for hydroxylation is 1. The molecule has 3 aliphatic heterocycles. The molecule has 15 heteroatoms. The second kappa shape index (κ2) is 20.2. The molecule has 2 aromatic heterocycles. The summed E-state index contributed by atoms with van der Waals surface area (Å²) in [5, 5.41) is 16.6. The molecule has 0 radical (unpaired) electrons. The molecule has 6 bridgehead atoms. The van der Waals surface area contributed by atoms with Crippen LogP contribution >= 0.6 is 0 Å². The van der Waals surface area contributed by atoms with E-state index in [9.17, 15) is 29.1 Å².